The van der Waals surface area contributed by atoms with Gasteiger partial charge in [-0.3, -0.25) is 9.59 Å². The van der Waals surface area contributed by atoms with Crippen molar-refractivity contribution in [2.24, 2.45) is 10.8 Å². The van der Waals surface area contributed by atoms with Gasteiger partial charge in [0, 0.05) is 24.2 Å². The molecule has 0 unspecified atom stereocenters. The van der Waals surface area contributed by atoms with Crippen LogP contribution in [0.3, 0.4) is 0 Å². The standard InChI is InChI=1S/C18H28N2O2.CH4/c1-17(2,3)11-19-15(21)13-7-9-14(10-8-13)16(22)20-12-18(4,5)6;/h7-10H,11-12H2,1-6H3,(H,19,21)(H,20,22);1H4. The molecule has 1 aromatic carbocycles. The monoisotopic (exact) mass is 320 g/mol. The molecular formula is C19H32N2O2. The topological polar surface area (TPSA) is 58.2 Å². The molecule has 4 nitrogen and oxygen atoms in total. The SMILES string of the molecule is C.CC(C)(C)CNC(=O)c1ccc(C(=O)NCC(C)(C)C)cc1. The van der Waals surface area contributed by atoms with Gasteiger partial charge in [-0.25, -0.2) is 0 Å². The molecule has 0 atom stereocenters. The zero-order chi connectivity index (χ0) is 17.0. The summed E-state index contributed by atoms with van der Waals surface area (Å²) in [6.07, 6.45) is 0. The lowest BCUT2D eigenvalue weighted by Gasteiger charge is -2.19. The van der Waals surface area contributed by atoms with Crippen molar-refractivity contribution >= 4 is 11.8 Å². The molecule has 2 N–H and O–H groups in total. The van der Waals surface area contributed by atoms with Gasteiger partial charge in [0.1, 0.15) is 0 Å². The molecule has 0 heterocycles. The highest BCUT2D eigenvalue weighted by atomic mass is 16.2. The normalized spacial score (nSPS) is 11.4. The Labute approximate surface area is 141 Å². The molecular weight excluding hydrogens is 288 g/mol. The van der Waals surface area contributed by atoms with Crippen molar-refractivity contribution in [1.82, 2.24) is 10.6 Å². The van der Waals surface area contributed by atoms with E-state index in [1.54, 1.807) is 24.3 Å². The van der Waals surface area contributed by atoms with Gasteiger partial charge >= 0.3 is 0 Å². The van der Waals surface area contributed by atoms with Crippen LogP contribution in [0.25, 0.3) is 0 Å². The fourth-order valence-corrected chi connectivity index (χ4v) is 1.67. The lowest BCUT2D eigenvalue weighted by molar-refractivity contribution is 0.0928. The molecule has 0 aliphatic heterocycles. The van der Waals surface area contributed by atoms with E-state index in [-0.39, 0.29) is 30.1 Å². The number of hydrogen-bond donors (Lipinski definition) is 2. The van der Waals surface area contributed by atoms with Crippen molar-refractivity contribution < 1.29 is 9.59 Å². The van der Waals surface area contributed by atoms with Crippen LogP contribution in [0, 0.1) is 10.8 Å². The highest BCUT2D eigenvalue weighted by Gasteiger charge is 2.15. The maximum absolute atomic E-state index is 12.0. The highest BCUT2D eigenvalue weighted by molar-refractivity contribution is 5.97. The first kappa shape index (κ1) is 21.2. The largest absolute Gasteiger partial charge is 0.352 e. The third kappa shape index (κ3) is 8.38. The van der Waals surface area contributed by atoms with Crippen molar-refractivity contribution in [3.8, 4) is 0 Å². The second-order valence-corrected chi connectivity index (χ2v) is 8.06. The van der Waals surface area contributed by atoms with E-state index in [9.17, 15) is 9.59 Å². The second kappa shape index (κ2) is 8.14. The van der Waals surface area contributed by atoms with E-state index in [0.29, 0.717) is 24.2 Å². The summed E-state index contributed by atoms with van der Waals surface area (Å²) in [6.45, 7) is 13.6. The zero-order valence-corrected chi connectivity index (χ0v) is 14.5. The molecule has 2 amide bonds. The average molecular weight is 320 g/mol. The molecule has 1 aromatic rings. The van der Waals surface area contributed by atoms with Crippen LogP contribution in [-0.2, 0) is 0 Å². The first-order valence-electron chi connectivity index (χ1n) is 7.64. The molecule has 0 aliphatic rings. The van der Waals surface area contributed by atoms with Crippen molar-refractivity contribution in [3.63, 3.8) is 0 Å². The maximum Gasteiger partial charge on any atom is 0.251 e. The molecule has 0 bridgehead atoms. The summed E-state index contributed by atoms with van der Waals surface area (Å²) < 4.78 is 0. The van der Waals surface area contributed by atoms with Crippen molar-refractivity contribution in [2.45, 2.75) is 49.0 Å². The molecule has 23 heavy (non-hydrogen) atoms. The predicted octanol–water partition coefficient (Wildman–Crippen LogP) is 3.87. The number of carbonyl (C=O) groups excluding carboxylic acids is 2. The lowest BCUT2D eigenvalue weighted by Crippen LogP contribution is -2.33. The van der Waals surface area contributed by atoms with Gasteiger partial charge in [0.2, 0.25) is 0 Å². The van der Waals surface area contributed by atoms with Crippen LogP contribution in [-0.4, -0.2) is 24.9 Å². The third-order valence-corrected chi connectivity index (χ3v) is 2.97. The van der Waals surface area contributed by atoms with Crippen LogP contribution in [0.4, 0.5) is 0 Å². The van der Waals surface area contributed by atoms with E-state index in [4.69, 9.17) is 0 Å². The van der Waals surface area contributed by atoms with Gasteiger partial charge in [-0.2, -0.15) is 0 Å². The lowest BCUT2D eigenvalue weighted by atomic mass is 9.96. The van der Waals surface area contributed by atoms with Gasteiger partial charge < -0.3 is 10.6 Å². The fraction of sp³-hybridized carbons (Fsp3) is 0.579. The molecule has 0 radical (unpaired) electrons. The fourth-order valence-electron chi connectivity index (χ4n) is 1.67. The van der Waals surface area contributed by atoms with Crippen LogP contribution in [0.5, 0.6) is 0 Å². The van der Waals surface area contributed by atoms with Gasteiger partial charge in [0.05, 0.1) is 0 Å². The third-order valence-electron chi connectivity index (χ3n) is 2.97. The predicted molar refractivity (Wildman–Crippen MR) is 96.7 cm³/mol. The summed E-state index contributed by atoms with van der Waals surface area (Å²) in [4.78, 5) is 24.0. The molecule has 0 aliphatic carbocycles. The first-order chi connectivity index (χ1) is 9.98. The molecule has 0 saturated heterocycles. The average Bonchev–Trinajstić information content (AvgIpc) is 2.40. The summed E-state index contributed by atoms with van der Waals surface area (Å²) in [7, 11) is 0. The summed E-state index contributed by atoms with van der Waals surface area (Å²) >= 11 is 0. The van der Waals surface area contributed by atoms with Gasteiger partial charge in [0.15, 0.2) is 0 Å². The maximum atomic E-state index is 12.0. The molecule has 1 rings (SSSR count). The number of carbonyl (C=O) groups is 2. The minimum atomic E-state index is -0.114. The van der Waals surface area contributed by atoms with Crippen molar-refractivity contribution in [2.75, 3.05) is 13.1 Å². The van der Waals surface area contributed by atoms with E-state index in [2.05, 4.69) is 52.2 Å². The zero-order valence-electron chi connectivity index (χ0n) is 14.5. The number of nitrogens with one attached hydrogen (secondary N) is 2. The summed E-state index contributed by atoms with van der Waals surface area (Å²) in [6, 6.07) is 6.74. The van der Waals surface area contributed by atoms with Gasteiger partial charge in [0.25, 0.3) is 11.8 Å². The van der Waals surface area contributed by atoms with Crippen LogP contribution in [0.1, 0.15) is 69.7 Å². The number of hydrogen-bond acceptors (Lipinski definition) is 2. The van der Waals surface area contributed by atoms with Crippen LogP contribution in [0.15, 0.2) is 24.3 Å². The van der Waals surface area contributed by atoms with Crippen molar-refractivity contribution in [3.05, 3.63) is 35.4 Å². The number of benzene rings is 1. The molecule has 0 spiro atoms. The van der Waals surface area contributed by atoms with E-state index in [1.807, 2.05) is 0 Å². The smallest absolute Gasteiger partial charge is 0.251 e. The minimum Gasteiger partial charge on any atom is -0.352 e. The van der Waals surface area contributed by atoms with E-state index < -0.39 is 0 Å². The highest BCUT2D eigenvalue weighted by Crippen LogP contribution is 2.12. The van der Waals surface area contributed by atoms with E-state index in [1.165, 1.54) is 0 Å². The van der Waals surface area contributed by atoms with Gasteiger partial charge in [-0.15, -0.1) is 0 Å². The summed E-state index contributed by atoms with van der Waals surface area (Å²) in [5, 5.41) is 5.79. The summed E-state index contributed by atoms with van der Waals surface area (Å²) in [5.74, 6) is -0.229. The summed E-state index contributed by atoms with van der Waals surface area (Å²) in [5.41, 5.74) is 1.22. The number of rotatable bonds is 4. The van der Waals surface area contributed by atoms with Crippen LogP contribution in [0.2, 0.25) is 0 Å². The molecule has 0 aromatic heterocycles. The van der Waals surface area contributed by atoms with Crippen LogP contribution < -0.4 is 10.6 Å². The Morgan fingerprint density at radius 3 is 1.22 bits per heavy atom. The molecule has 130 valence electrons. The van der Waals surface area contributed by atoms with Crippen LogP contribution >= 0.6 is 0 Å². The second-order valence-electron chi connectivity index (χ2n) is 8.06. The Hall–Kier alpha value is -1.84. The number of amides is 2. The quantitative estimate of drug-likeness (QED) is 0.884. The van der Waals surface area contributed by atoms with Gasteiger partial charge in [-0.05, 0) is 35.1 Å². The molecule has 4 heteroatoms. The van der Waals surface area contributed by atoms with Crippen molar-refractivity contribution in [1.29, 1.82) is 0 Å². The first-order valence-corrected chi connectivity index (χ1v) is 7.64. The Morgan fingerprint density at radius 1 is 0.739 bits per heavy atom. The Morgan fingerprint density at radius 2 is 1.00 bits per heavy atom. The Balaban J connectivity index is 0.00000484. The molecule has 0 saturated carbocycles. The van der Waals surface area contributed by atoms with Gasteiger partial charge in [-0.1, -0.05) is 49.0 Å². The molecule has 0 fully saturated rings. The Bertz CT molecular complexity index is 471. The Kier molecular flexibility index (Phi) is 7.49. The minimum absolute atomic E-state index is 0. The van der Waals surface area contributed by atoms with E-state index in [0.717, 1.165) is 0 Å². The van der Waals surface area contributed by atoms with E-state index >= 15 is 0 Å².